The molecule has 1 atom stereocenters. The summed E-state index contributed by atoms with van der Waals surface area (Å²) in [5.74, 6) is -0.799. The first-order valence-corrected chi connectivity index (χ1v) is 12.2. The highest BCUT2D eigenvalue weighted by molar-refractivity contribution is 6.01. The predicted octanol–water partition coefficient (Wildman–Crippen LogP) is 4.45. The number of aromatic nitrogens is 1. The van der Waals surface area contributed by atoms with Crippen LogP contribution in [0.5, 0.6) is 5.75 Å². The number of hydrogen-bond acceptors (Lipinski definition) is 8. The van der Waals surface area contributed by atoms with Gasteiger partial charge in [-0.15, -0.1) is 0 Å². The highest BCUT2D eigenvalue weighted by Crippen LogP contribution is 2.33. The van der Waals surface area contributed by atoms with Crippen LogP contribution in [-0.4, -0.2) is 49.6 Å². The summed E-state index contributed by atoms with van der Waals surface area (Å²) in [4.78, 5) is 53.9. The lowest BCUT2D eigenvalue weighted by molar-refractivity contribution is -0.153. The lowest BCUT2D eigenvalue weighted by Crippen LogP contribution is -2.27. The van der Waals surface area contributed by atoms with Crippen molar-refractivity contribution in [3.05, 3.63) is 53.4 Å². The Labute approximate surface area is 216 Å². The first-order valence-electron chi connectivity index (χ1n) is 12.2. The van der Waals surface area contributed by atoms with Crippen LogP contribution in [0, 0.1) is 11.8 Å². The first kappa shape index (κ1) is 27.6. The van der Waals surface area contributed by atoms with Gasteiger partial charge in [-0.1, -0.05) is 32.9 Å². The molecule has 0 aliphatic heterocycles. The molecule has 0 saturated heterocycles. The van der Waals surface area contributed by atoms with E-state index in [9.17, 15) is 19.2 Å². The Morgan fingerprint density at radius 3 is 2.54 bits per heavy atom. The summed E-state index contributed by atoms with van der Waals surface area (Å²) in [7, 11) is 1.47. The summed E-state index contributed by atoms with van der Waals surface area (Å²) in [5.41, 5.74) is 1.29. The number of rotatable bonds is 13. The number of hydrogen-bond donors (Lipinski definition) is 1. The number of pyridine rings is 1. The van der Waals surface area contributed by atoms with Crippen molar-refractivity contribution in [3.63, 3.8) is 0 Å². The molecule has 1 aliphatic carbocycles. The minimum absolute atomic E-state index is 0.0208. The van der Waals surface area contributed by atoms with Crippen LogP contribution in [0.1, 0.15) is 76.4 Å². The SMILES string of the molecule is C=Cc1cc(C=O)c(-c2ccc(C(=O)NCC3CC3)nc2C(=O)OCOC(=O)C[C@@H](C)CC)cc1OC. The van der Waals surface area contributed by atoms with Gasteiger partial charge in [-0.05, 0) is 54.5 Å². The quantitative estimate of drug-likeness (QED) is 0.239. The Balaban J connectivity index is 1.93. The Morgan fingerprint density at radius 1 is 1.16 bits per heavy atom. The van der Waals surface area contributed by atoms with Gasteiger partial charge in [-0.2, -0.15) is 0 Å². The van der Waals surface area contributed by atoms with Gasteiger partial charge in [0.15, 0.2) is 12.0 Å². The smallest absolute Gasteiger partial charge is 0.360 e. The van der Waals surface area contributed by atoms with Crippen molar-refractivity contribution in [1.82, 2.24) is 10.3 Å². The summed E-state index contributed by atoms with van der Waals surface area (Å²) >= 11 is 0. The third-order valence-corrected chi connectivity index (χ3v) is 6.23. The van der Waals surface area contributed by atoms with E-state index in [4.69, 9.17) is 14.2 Å². The van der Waals surface area contributed by atoms with Crippen LogP contribution in [0.4, 0.5) is 0 Å². The number of esters is 2. The topological polar surface area (TPSA) is 121 Å². The van der Waals surface area contributed by atoms with Crippen LogP contribution in [0.2, 0.25) is 0 Å². The Morgan fingerprint density at radius 2 is 1.92 bits per heavy atom. The van der Waals surface area contributed by atoms with E-state index in [0.717, 1.165) is 19.3 Å². The second kappa shape index (κ2) is 12.8. The highest BCUT2D eigenvalue weighted by atomic mass is 16.7. The van der Waals surface area contributed by atoms with Gasteiger partial charge in [0.25, 0.3) is 5.91 Å². The number of carbonyl (C=O) groups excluding carboxylic acids is 4. The van der Waals surface area contributed by atoms with Crippen molar-refractivity contribution >= 4 is 30.2 Å². The van der Waals surface area contributed by atoms with Crippen LogP contribution >= 0.6 is 0 Å². The van der Waals surface area contributed by atoms with E-state index in [1.165, 1.54) is 19.2 Å². The monoisotopic (exact) mass is 508 g/mol. The van der Waals surface area contributed by atoms with Crippen molar-refractivity contribution in [2.24, 2.45) is 11.8 Å². The lowest BCUT2D eigenvalue weighted by Gasteiger charge is -2.15. The average molecular weight is 509 g/mol. The molecule has 1 amide bonds. The van der Waals surface area contributed by atoms with E-state index >= 15 is 0 Å². The van der Waals surface area contributed by atoms with Crippen molar-refractivity contribution in [2.75, 3.05) is 20.4 Å². The Hall–Kier alpha value is -4.01. The molecule has 1 aliphatic rings. The Kier molecular flexibility index (Phi) is 9.54. The molecule has 1 fully saturated rings. The van der Waals surface area contributed by atoms with Crippen LogP contribution in [-0.2, 0) is 14.3 Å². The fourth-order valence-electron chi connectivity index (χ4n) is 3.59. The lowest BCUT2D eigenvalue weighted by atomic mass is 9.95. The third kappa shape index (κ3) is 7.25. The van der Waals surface area contributed by atoms with Gasteiger partial charge in [0, 0.05) is 29.7 Å². The molecular weight excluding hydrogens is 476 g/mol. The van der Waals surface area contributed by atoms with Crippen molar-refractivity contribution in [1.29, 1.82) is 0 Å². The maximum atomic E-state index is 13.1. The molecule has 9 nitrogen and oxygen atoms in total. The van der Waals surface area contributed by atoms with E-state index in [-0.39, 0.29) is 34.9 Å². The highest BCUT2D eigenvalue weighted by Gasteiger charge is 2.25. The fraction of sp³-hybridized carbons (Fsp3) is 0.393. The minimum atomic E-state index is -0.910. The van der Waals surface area contributed by atoms with Gasteiger partial charge >= 0.3 is 11.9 Å². The molecule has 9 heteroatoms. The number of carbonyl (C=O) groups is 4. The van der Waals surface area contributed by atoms with Gasteiger partial charge in [0.05, 0.1) is 7.11 Å². The molecule has 0 unspecified atom stereocenters. The van der Waals surface area contributed by atoms with Crippen LogP contribution < -0.4 is 10.1 Å². The third-order valence-electron chi connectivity index (χ3n) is 6.23. The Bertz CT molecular complexity index is 1190. The van der Waals surface area contributed by atoms with Gasteiger partial charge in [-0.3, -0.25) is 14.4 Å². The number of methoxy groups -OCH3 is 1. The second-order valence-electron chi connectivity index (χ2n) is 9.03. The van der Waals surface area contributed by atoms with E-state index < -0.39 is 24.6 Å². The van der Waals surface area contributed by atoms with E-state index in [0.29, 0.717) is 35.6 Å². The number of nitrogens with one attached hydrogen (secondary N) is 1. The molecule has 1 aromatic carbocycles. The zero-order valence-electron chi connectivity index (χ0n) is 21.4. The van der Waals surface area contributed by atoms with E-state index in [1.54, 1.807) is 18.2 Å². The zero-order chi connectivity index (χ0) is 26.9. The fourth-order valence-corrected chi connectivity index (χ4v) is 3.59. The molecule has 1 aromatic heterocycles. The molecule has 0 spiro atoms. The number of amides is 1. The number of aldehydes is 1. The number of ether oxygens (including phenoxy) is 3. The predicted molar refractivity (Wildman–Crippen MR) is 137 cm³/mol. The largest absolute Gasteiger partial charge is 0.496 e. The van der Waals surface area contributed by atoms with Crippen LogP contribution in [0.3, 0.4) is 0 Å². The minimum Gasteiger partial charge on any atom is -0.496 e. The molecular formula is C28H32N2O7. The van der Waals surface area contributed by atoms with Crippen molar-refractivity contribution in [3.8, 4) is 16.9 Å². The number of benzene rings is 1. The maximum absolute atomic E-state index is 13.1. The molecule has 1 saturated carbocycles. The molecule has 0 radical (unpaired) electrons. The second-order valence-corrected chi connectivity index (χ2v) is 9.03. The standard InChI is InChI=1S/C28H32N2O7/c1-5-17(3)11-25(32)36-16-37-28(34)26-21(9-10-23(30-26)27(33)29-14-18-7-8-18)22-13-24(35-4)19(6-2)12-20(22)15-31/h6,9-10,12-13,15,17-18H,2,5,7-8,11,14,16H2,1,3-4H3,(H,29,33)/t17-/m0/s1. The normalized spacial score (nSPS) is 13.3. The van der Waals surface area contributed by atoms with Crippen molar-refractivity contribution < 1.29 is 33.4 Å². The summed E-state index contributed by atoms with van der Waals surface area (Å²) in [6, 6.07) is 6.17. The number of nitrogens with zero attached hydrogens (tertiary/aromatic N) is 1. The molecule has 37 heavy (non-hydrogen) atoms. The molecule has 2 aromatic rings. The van der Waals surface area contributed by atoms with Crippen LogP contribution in [0.25, 0.3) is 17.2 Å². The zero-order valence-corrected chi connectivity index (χ0v) is 21.4. The van der Waals surface area contributed by atoms with Gasteiger partial charge in [-0.25, -0.2) is 9.78 Å². The summed E-state index contributed by atoms with van der Waals surface area (Å²) in [6.45, 7) is 7.54. The van der Waals surface area contributed by atoms with Gasteiger partial charge in [0.2, 0.25) is 6.79 Å². The summed E-state index contributed by atoms with van der Waals surface area (Å²) in [6.07, 6.45) is 5.33. The summed E-state index contributed by atoms with van der Waals surface area (Å²) in [5, 5.41) is 2.81. The van der Waals surface area contributed by atoms with Crippen LogP contribution in [0.15, 0.2) is 30.8 Å². The molecule has 1 N–H and O–H groups in total. The summed E-state index contributed by atoms with van der Waals surface area (Å²) < 4.78 is 15.6. The van der Waals surface area contributed by atoms with Gasteiger partial charge in [0.1, 0.15) is 11.4 Å². The molecule has 3 rings (SSSR count). The van der Waals surface area contributed by atoms with Crippen molar-refractivity contribution in [2.45, 2.75) is 39.5 Å². The van der Waals surface area contributed by atoms with E-state index in [1.807, 2.05) is 13.8 Å². The molecule has 196 valence electrons. The maximum Gasteiger partial charge on any atom is 0.360 e. The molecule has 1 heterocycles. The average Bonchev–Trinajstić information content (AvgIpc) is 3.75. The molecule has 0 bridgehead atoms. The van der Waals surface area contributed by atoms with E-state index in [2.05, 4.69) is 16.9 Å². The first-order chi connectivity index (χ1) is 17.8. The van der Waals surface area contributed by atoms with Gasteiger partial charge < -0.3 is 19.5 Å².